The lowest BCUT2D eigenvalue weighted by Crippen LogP contribution is -2.11. The second-order valence-electron chi connectivity index (χ2n) is 2.78. The van der Waals surface area contributed by atoms with Crippen LogP contribution in [0.3, 0.4) is 0 Å². The summed E-state index contributed by atoms with van der Waals surface area (Å²) < 4.78 is 0. The van der Waals surface area contributed by atoms with Crippen molar-refractivity contribution in [2.75, 3.05) is 0 Å². The molecular weight excluding hydrogens is 110 g/mol. The minimum Gasteiger partial charge on any atom is -0.402 e. The van der Waals surface area contributed by atoms with E-state index in [4.69, 9.17) is 5.73 Å². The van der Waals surface area contributed by atoms with Crippen LogP contribution in [0.1, 0.15) is 20.3 Å². The molecule has 1 unspecified atom stereocenters. The molecule has 0 bridgehead atoms. The van der Waals surface area contributed by atoms with Gasteiger partial charge in [-0.3, -0.25) is 0 Å². The van der Waals surface area contributed by atoms with Crippen LogP contribution >= 0.6 is 0 Å². The molecule has 0 fully saturated rings. The number of nitrogens with two attached hydrogens (primary N) is 1. The number of allylic oxidation sites excluding steroid dienone is 4. The minimum atomic E-state index is 0.551. The van der Waals surface area contributed by atoms with Gasteiger partial charge in [0.05, 0.1) is 0 Å². The van der Waals surface area contributed by atoms with Crippen molar-refractivity contribution in [2.45, 2.75) is 20.3 Å². The summed E-state index contributed by atoms with van der Waals surface area (Å²) in [7, 11) is 0. The molecule has 0 radical (unpaired) electrons. The summed E-state index contributed by atoms with van der Waals surface area (Å²) in [5.74, 6) is 0.551. The Bertz CT molecular complexity index is 165. The first kappa shape index (κ1) is 6.40. The topological polar surface area (TPSA) is 26.0 Å². The SMILES string of the molecule is CC1=CC=C(N)C(C)C1. The van der Waals surface area contributed by atoms with E-state index in [2.05, 4.69) is 19.9 Å². The molecule has 1 aliphatic rings. The highest BCUT2D eigenvalue weighted by Gasteiger charge is 2.08. The minimum absolute atomic E-state index is 0.551. The lowest BCUT2D eigenvalue weighted by atomic mass is 9.94. The molecule has 0 aromatic carbocycles. The largest absolute Gasteiger partial charge is 0.402 e. The van der Waals surface area contributed by atoms with Crippen LogP contribution in [0.2, 0.25) is 0 Å². The highest BCUT2D eigenvalue weighted by Crippen LogP contribution is 2.20. The summed E-state index contributed by atoms with van der Waals surface area (Å²) in [5, 5.41) is 0. The van der Waals surface area contributed by atoms with Crippen LogP contribution in [-0.2, 0) is 0 Å². The van der Waals surface area contributed by atoms with E-state index in [1.165, 1.54) is 5.57 Å². The van der Waals surface area contributed by atoms with Gasteiger partial charge < -0.3 is 5.73 Å². The number of hydrogen-bond donors (Lipinski definition) is 1. The first-order chi connectivity index (χ1) is 4.20. The summed E-state index contributed by atoms with van der Waals surface area (Å²) in [5.41, 5.74) is 8.10. The Balaban J connectivity index is 2.74. The predicted molar refractivity (Wildman–Crippen MR) is 39.8 cm³/mol. The molecule has 1 atom stereocenters. The van der Waals surface area contributed by atoms with Crippen molar-refractivity contribution in [2.24, 2.45) is 11.7 Å². The van der Waals surface area contributed by atoms with Crippen molar-refractivity contribution in [3.05, 3.63) is 23.4 Å². The van der Waals surface area contributed by atoms with Gasteiger partial charge in [0, 0.05) is 5.70 Å². The lowest BCUT2D eigenvalue weighted by molar-refractivity contribution is 0.654. The van der Waals surface area contributed by atoms with Gasteiger partial charge in [0.15, 0.2) is 0 Å². The lowest BCUT2D eigenvalue weighted by Gasteiger charge is -2.15. The van der Waals surface area contributed by atoms with E-state index in [0.29, 0.717) is 5.92 Å². The Morgan fingerprint density at radius 1 is 1.56 bits per heavy atom. The second kappa shape index (κ2) is 2.26. The molecule has 1 nitrogen and oxygen atoms in total. The van der Waals surface area contributed by atoms with Gasteiger partial charge in [-0.25, -0.2) is 0 Å². The van der Waals surface area contributed by atoms with Crippen LogP contribution in [0.5, 0.6) is 0 Å². The third kappa shape index (κ3) is 1.35. The third-order valence-electron chi connectivity index (χ3n) is 1.76. The van der Waals surface area contributed by atoms with Crippen molar-refractivity contribution in [1.82, 2.24) is 0 Å². The zero-order valence-electron chi connectivity index (χ0n) is 6.02. The molecule has 0 aromatic rings. The zero-order chi connectivity index (χ0) is 6.85. The second-order valence-corrected chi connectivity index (χ2v) is 2.78. The summed E-state index contributed by atoms with van der Waals surface area (Å²) in [4.78, 5) is 0. The van der Waals surface area contributed by atoms with E-state index in [0.717, 1.165) is 12.1 Å². The Kier molecular flexibility index (Phi) is 1.60. The van der Waals surface area contributed by atoms with E-state index in [1.807, 2.05) is 6.08 Å². The molecule has 50 valence electrons. The molecular formula is C8H13N. The Morgan fingerprint density at radius 2 is 2.22 bits per heavy atom. The molecule has 1 aliphatic carbocycles. The summed E-state index contributed by atoms with van der Waals surface area (Å²) in [6, 6.07) is 0. The molecule has 2 N–H and O–H groups in total. The van der Waals surface area contributed by atoms with Crippen LogP contribution in [-0.4, -0.2) is 0 Å². The molecule has 0 amide bonds. The zero-order valence-corrected chi connectivity index (χ0v) is 6.02. The number of rotatable bonds is 0. The molecule has 9 heavy (non-hydrogen) atoms. The fourth-order valence-corrected chi connectivity index (χ4v) is 1.07. The maximum absolute atomic E-state index is 5.66. The first-order valence-corrected chi connectivity index (χ1v) is 3.33. The van der Waals surface area contributed by atoms with E-state index >= 15 is 0 Å². The average molecular weight is 123 g/mol. The summed E-state index contributed by atoms with van der Waals surface area (Å²) in [6.07, 6.45) is 5.22. The van der Waals surface area contributed by atoms with Gasteiger partial charge >= 0.3 is 0 Å². The van der Waals surface area contributed by atoms with Gasteiger partial charge in [0.2, 0.25) is 0 Å². The van der Waals surface area contributed by atoms with E-state index in [-0.39, 0.29) is 0 Å². The Hall–Kier alpha value is -0.720. The monoisotopic (exact) mass is 123 g/mol. The maximum Gasteiger partial charge on any atom is 0.0112 e. The van der Waals surface area contributed by atoms with Gasteiger partial charge in [0.25, 0.3) is 0 Å². The van der Waals surface area contributed by atoms with Crippen molar-refractivity contribution in [1.29, 1.82) is 0 Å². The van der Waals surface area contributed by atoms with Crippen LogP contribution < -0.4 is 5.73 Å². The van der Waals surface area contributed by atoms with Crippen LogP contribution in [0, 0.1) is 5.92 Å². The highest BCUT2D eigenvalue weighted by atomic mass is 14.6. The van der Waals surface area contributed by atoms with Crippen LogP contribution in [0.25, 0.3) is 0 Å². The fraction of sp³-hybridized carbons (Fsp3) is 0.500. The van der Waals surface area contributed by atoms with Gasteiger partial charge in [-0.15, -0.1) is 0 Å². The molecule has 1 heteroatoms. The van der Waals surface area contributed by atoms with Gasteiger partial charge in [-0.2, -0.15) is 0 Å². The van der Waals surface area contributed by atoms with E-state index in [9.17, 15) is 0 Å². The maximum atomic E-state index is 5.66. The molecule has 0 heterocycles. The van der Waals surface area contributed by atoms with Gasteiger partial charge in [-0.1, -0.05) is 18.6 Å². The molecule has 0 aliphatic heterocycles. The highest BCUT2D eigenvalue weighted by molar-refractivity contribution is 5.22. The first-order valence-electron chi connectivity index (χ1n) is 3.33. The fourth-order valence-electron chi connectivity index (χ4n) is 1.07. The average Bonchev–Trinajstić information content (AvgIpc) is 1.80. The molecule has 0 saturated carbocycles. The Labute approximate surface area is 56.2 Å². The van der Waals surface area contributed by atoms with E-state index < -0.39 is 0 Å². The van der Waals surface area contributed by atoms with Crippen molar-refractivity contribution < 1.29 is 0 Å². The molecule has 1 rings (SSSR count). The Morgan fingerprint density at radius 3 is 2.67 bits per heavy atom. The van der Waals surface area contributed by atoms with Gasteiger partial charge in [0.1, 0.15) is 0 Å². The normalized spacial score (nSPS) is 27.1. The smallest absolute Gasteiger partial charge is 0.0112 e. The quantitative estimate of drug-likeness (QED) is 0.522. The van der Waals surface area contributed by atoms with E-state index in [1.54, 1.807) is 0 Å². The van der Waals surface area contributed by atoms with Crippen molar-refractivity contribution in [3.63, 3.8) is 0 Å². The number of hydrogen-bond acceptors (Lipinski definition) is 1. The molecule has 0 aromatic heterocycles. The van der Waals surface area contributed by atoms with Crippen LogP contribution in [0.15, 0.2) is 23.4 Å². The standard InChI is InChI=1S/C8H13N/c1-6-3-4-8(9)7(2)5-6/h3-4,7H,5,9H2,1-2H3. The van der Waals surface area contributed by atoms with Crippen LogP contribution in [0.4, 0.5) is 0 Å². The summed E-state index contributed by atoms with van der Waals surface area (Å²) in [6.45, 7) is 4.29. The molecule has 0 saturated heterocycles. The third-order valence-corrected chi connectivity index (χ3v) is 1.76. The summed E-state index contributed by atoms with van der Waals surface area (Å²) >= 11 is 0. The predicted octanol–water partition coefficient (Wildman–Crippen LogP) is 1.82. The van der Waals surface area contributed by atoms with Crippen molar-refractivity contribution in [3.8, 4) is 0 Å². The molecule has 0 spiro atoms. The van der Waals surface area contributed by atoms with Crippen molar-refractivity contribution >= 4 is 0 Å². The van der Waals surface area contributed by atoms with Gasteiger partial charge in [-0.05, 0) is 25.3 Å².